The number of nitrogens with one attached hydrogen (secondary N) is 2. The SMILES string of the molecule is CCC(=O)N[C@@H](Nc1cccc2cccnc12)C(Cl)(Cl)Cl. The lowest BCUT2D eigenvalue weighted by Crippen LogP contribution is -2.49. The van der Waals surface area contributed by atoms with Crippen molar-refractivity contribution in [1.82, 2.24) is 10.3 Å². The Kier molecular flexibility index (Phi) is 5.14. The fourth-order valence-corrected chi connectivity index (χ4v) is 2.17. The standard InChI is InChI=1S/C14H14Cl3N3O/c1-2-11(21)20-13(14(15,16)17)19-10-7-3-5-9-6-4-8-18-12(9)10/h3-8,13,19H,2H2,1H3,(H,20,21)/t13-/m1/s1. The van der Waals surface area contributed by atoms with E-state index < -0.39 is 9.96 Å². The van der Waals surface area contributed by atoms with Crippen molar-refractivity contribution in [2.45, 2.75) is 23.3 Å². The van der Waals surface area contributed by atoms with Crippen LogP contribution in [0.1, 0.15) is 13.3 Å². The van der Waals surface area contributed by atoms with E-state index in [1.54, 1.807) is 13.1 Å². The Hall–Kier alpha value is -1.23. The van der Waals surface area contributed by atoms with Crippen LogP contribution in [0, 0.1) is 0 Å². The number of nitrogens with zero attached hydrogens (tertiary/aromatic N) is 1. The second-order valence-electron chi connectivity index (χ2n) is 4.42. The molecule has 4 nitrogen and oxygen atoms in total. The number of hydrogen-bond donors (Lipinski definition) is 2. The summed E-state index contributed by atoms with van der Waals surface area (Å²) >= 11 is 17.8. The Morgan fingerprint density at radius 3 is 2.67 bits per heavy atom. The van der Waals surface area contributed by atoms with Crippen molar-refractivity contribution in [2.75, 3.05) is 5.32 Å². The first-order valence-electron chi connectivity index (χ1n) is 6.38. The number of anilines is 1. The van der Waals surface area contributed by atoms with Crippen molar-refractivity contribution in [3.05, 3.63) is 36.5 Å². The number of fused-ring (bicyclic) bond motifs is 1. The van der Waals surface area contributed by atoms with Gasteiger partial charge in [-0.25, -0.2) is 0 Å². The molecule has 0 unspecified atom stereocenters. The molecule has 0 saturated heterocycles. The number of alkyl halides is 3. The van der Waals surface area contributed by atoms with Crippen LogP contribution in [0.2, 0.25) is 0 Å². The first kappa shape index (κ1) is 16.1. The van der Waals surface area contributed by atoms with Gasteiger partial charge in [-0.1, -0.05) is 59.9 Å². The lowest BCUT2D eigenvalue weighted by Gasteiger charge is -2.27. The molecule has 0 fully saturated rings. The number of amides is 1. The van der Waals surface area contributed by atoms with Gasteiger partial charge in [-0.2, -0.15) is 0 Å². The van der Waals surface area contributed by atoms with E-state index in [0.29, 0.717) is 12.1 Å². The topological polar surface area (TPSA) is 54.0 Å². The van der Waals surface area contributed by atoms with Gasteiger partial charge < -0.3 is 10.6 Å². The minimum absolute atomic E-state index is 0.216. The lowest BCUT2D eigenvalue weighted by atomic mass is 10.2. The first-order valence-corrected chi connectivity index (χ1v) is 7.51. The van der Waals surface area contributed by atoms with Crippen LogP contribution >= 0.6 is 34.8 Å². The molecular weight excluding hydrogens is 333 g/mol. The maximum atomic E-state index is 11.6. The second kappa shape index (κ2) is 6.69. The van der Waals surface area contributed by atoms with E-state index >= 15 is 0 Å². The summed E-state index contributed by atoms with van der Waals surface area (Å²) in [6, 6.07) is 9.39. The summed E-state index contributed by atoms with van der Waals surface area (Å²) in [5, 5.41) is 6.63. The highest BCUT2D eigenvalue weighted by Crippen LogP contribution is 2.32. The van der Waals surface area contributed by atoms with Gasteiger partial charge in [0.1, 0.15) is 6.17 Å². The van der Waals surface area contributed by atoms with Gasteiger partial charge >= 0.3 is 0 Å². The summed E-state index contributed by atoms with van der Waals surface area (Å²) in [4.78, 5) is 15.9. The van der Waals surface area contributed by atoms with Gasteiger partial charge in [0.2, 0.25) is 9.70 Å². The van der Waals surface area contributed by atoms with Gasteiger partial charge in [0, 0.05) is 18.0 Å². The van der Waals surface area contributed by atoms with E-state index in [9.17, 15) is 4.79 Å². The van der Waals surface area contributed by atoms with E-state index in [0.717, 1.165) is 10.9 Å². The molecule has 7 heteroatoms. The van der Waals surface area contributed by atoms with Gasteiger partial charge in [0.15, 0.2) is 0 Å². The summed E-state index contributed by atoms with van der Waals surface area (Å²) in [5.41, 5.74) is 1.42. The molecule has 21 heavy (non-hydrogen) atoms. The molecule has 2 rings (SSSR count). The lowest BCUT2D eigenvalue weighted by molar-refractivity contribution is -0.121. The molecule has 1 heterocycles. The summed E-state index contributed by atoms with van der Waals surface area (Å²) in [6.07, 6.45) is 1.12. The van der Waals surface area contributed by atoms with Crippen LogP contribution in [0.3, 0.4) is 0 Å². The number of aromatic nitrogens is 1. The quantitative estimate of drug-likeness (QED) is 0.653. The second-order valence-corrected chi connectivity index (χ2v) is 6.79. The first-order chi connectivity index (χ1) is 9.91. The summed E-state index contributed by atoms with van der Waals surface area (Å²) in [7, 11) is 0. The molecule has 0 saturated carbocycles. The van der Waals surface area contributed by atoms with Crippen LogP contribution < -0.4 is 10.6 Å². The molecule has 0 aliphatic rings. The molecule has 2 N–H and O–H groups in total. The Morgan fingerprint density at radius 2 is 2.00 bits per heavy atom. The van der Waals surface area contributed by atoms with Crippen LogP contribution in [-0.4, -0.2) is 20.8 Å². The Balaban J connectivity index is 2.32. The molecule has 0 aliphatic heterocycles. The number of carbonyl (C=O) groups is 1. The van der Waals surface area contributed by atoms with Crippen LogP contribution in [0.5, 0.6) is 0 Å². The van der Waals surface area contributed by atoms with Crippen molar-refractivity contribution in [3.63, 3.8) is 0 Å². The molecule has 1 aromatic heterocycles. The third kappa shape index (κ3) is 4.13. The number of halogens is 3. The third-order valence-electron chi connectivity index (χ3n) is 2.89. The highest BCUT2D eigenvalue weighted by Gasteiger charge is 2.34. The number of para-hydroxylation sites is 1. The van der Waals surface area contributed by atoms with Crippen LogP contribution in [0.15, 0.2) is 36.5 Å². The Labute approximate surface area is 137 Å². The maximum Gasteiger partial charge on any atom is 0.228 e. The molecule has 2 aromatic rings. The van der Waals surface area contributed by atoms with Crippen molar-refractivity contribution < 1.29 is 4.79 Å². The zero-order valence-electron chi connectivity index (χ0n) is 11.2. The minimum Gasteiger partial charge on any atom is -0.360 e. The van der Waals surface area contributed by atoms with Gasteiger partial charge in [-0.3, -0.25) is 9.78 Å². The predicted molar refractivity (Wildman–Crippen MR) is 87.9 cm³/mol. The largest absolute Gasteiger partial charge is 0.360 e. The molecule has 112 valence electrons. The fourth-order valence-electron chi connectivity index (χ4n) is 1.84. The third-order valence-corrected chi connectivity index (χ3v) is 3.54. The number of pyridine rings is 1. The zero-order chi connectivity index (χ0) is 15.5. The fraction of sp³-hybridized carbons (Fsp3) is 0.286. The van der Waals surface area contributed by atoms with Gasteiger partial charge in [-0.15, -0.1) is 0 Å². The average Bonchev–Trinajstić information content (AvgIpc) is 2.45. The maximum absolute atomic E-state index is 11.6. The van der Waals surface area contributed by atoms with Gasteiger partial charge in [0.25, 0.3) is 0 Å². The molecule has 0 spiro atoms. The highest BCUT2D eigenvalue weighted by atomic mass is 35.6. The minimum atomic E-state index is -1.69. The van der Waals surface area contributed by atoms with Crippen LogP contribution in [-0.2, 0) is 4.79 Å². The van der Waals surface area contributed by atoms with E-state index in [4.69, 9.17) is 34.8 Å². The van der Waals surface area contributed by atoms with Gasteiger partial charge in [0.05, 0.1) is 11.2 Å². The molecule has 1 atom stereocenters. The van der Waals surface area contributed by atoms with E-state index in [-0.39, 0.29) is 5.91 Å². The molecule has 0 radical (unpaired) electrons. The summed E-state index contributed by atoms with van der Waals surface area (Å²) in [6.45, 7) is 1.73. The van der Waals surface area contributed by atoms with E-state index in [2.05, 4.69) is 15.6 Å². The smallest absolute Gasteiger partial charge is 0.228 e. The number of rotatable bonds is 4. The summed E-state index contributed by atoms with van der Waals surface area (Å²) in [5.74, 6) is -0.216. The van der Waals surface area contributed by atoms with Crippen LogP contribution in [0.4, 0.5) is 5.69 Å². The molecule has 0 bridgehead atoms. The molecule has 1 amide bonds. The Bertz CT molecular complexity index is 637. The summed E-state index contributed by atoms with van der Waals surface area (Å²) < 4.78 is -1.69. The number of benzene rings is 1. The van der Waals surface area contributed by atoms with Crippen molar-refractivity contribution >= 4 is 57.3 Å². The highest BCUT2D eigenvalue weighted by molar-refractivity contribution is 6.68. The van der Waals surface area contributed by atoms with Crippen LogP contribution in [0.25, 0.3) is 10.9 Å². The predicted octanol–water partition coefficient (Wildman–Crippen LogP) is 3.87. The Morgan fingerprint density at radius 1 is 1.29 bits per heavy atom. The normalized spacial score (nSPS) is 13.0. The van der Waals surface area contributed by atoms with E-state index in [1.807, 2.05) is 30.3 Å². The monoisotopic (exact) mass is 345 g/mol. The van der Waals surface area contributed by atoms with Crippen molar-refractivity contribution in [1.29, 1.82) is 0 Å². The van der Waals surface area contributed by atoms with Gasteiger partial charge in [-0.05, 0) is 12.1 Å². The van der Waals surface area contributed by atoms with Crippen molar-refractivity contribution in [3.8, 4) is 0 Å². The number of hydrogen-bond acceptors (Lipinski definition) is 3. The van der Waals surface area contributed by atoms with E-state index in [1.165, 1.54) is 0 Å². The average molecular weight is 347 g/mol. The zero-order valence-corrected chi connectivity index (χ0v) is 13.5. The molecule has 1 aromatic carbocycles. The number of carbonyl (C=O) groups excluding carboxylic acids is 1. The molecule has 0 aliphatic carbocycles. The molecular formula is C14H14Cl3N3O. The van der Waals surface area contributed by atoms with Crippen molar-refractivity contribution in [2.24, 2.45) is 0 Å².